The Balaban J connectivity index is 2.59. The number of amides is 1. The first-order valence-electron chi connectivity index (χ1n) is 5.79. The van der Waals surface area contributed by atoms with Crippen LogP contribution < -0.4 is 5.73 Å². The average Bonchev–Trinajstić information content (AvgIpc) is 2.74. The summed E-state index contributed by atoms with van der Waals surface area (Å²) < 4.78 is 7.00. The Morgan fingerprint density at radius 1 is 1.58 bits per heavy atom. The molecule has 1 aromatic heterocycles. The SMILES string of the molecule is CCc1cnc(SCC(=O)O)n1CCOCC(N)=O. The van der Waals surface area contributed by atoms with Gasteiger partial charge in [-0.2, -0.15) is 0 Å². The van der Waals surface area contributed by atoms with E-state index in [-0.39, 0.29) is 12.4 Å². The van der Waals surface area contributed by atoms with E-state index in [1.54, 1.807) is 6.20 Å². The number of aliphatic carboxylic acids is 1. The quantitative estimate of drug-likeness (QED) is 0.493. The molecule has 1 rings (SSSR count). The molecule has 1 amide bonds. The summed E-state index contributed by atoms with van der Waals surface area (Å²) in [7, 11) is 0. The second-order valence-electron chi connectivity index (χ2n) is 3.74. The fourth-order valence-electron chi connectivity index (χ4n) is 1.48. The van der Waals surface area contributed by atoms with Crippen LogP contribution in [0.5, 0.6) is 0 Å². The van der Waals surface area contributed by atoms with Crippen molar-refractivity contribution in [3.63, 3.8) is 0 Å². The number of carboxylic acids is 1. The Bertz CT molecular complexity index is 447. The zero-order valence-corrected chi connectivity index (χ0v) is 11.5. The molecule has 0 aliphatic heterocycles. The maximum atomic E-state index is 10.6. The van der Waals surface area contributed by atoms with Gasteiger partial charge in [0, 0.05) is 18.4 Å². The fraction of sp³-hybridized carbons (Fsp3) is 0.545. The topological polar surface area (TPSA) is 107 Å². The number of thioether (sulfide) groups is 1. The number of hydrogen-bond acceptors (Lipinski definition) is 5. The lowest BCUT2D eigenvalue weighted by Gasteiger charge is -2.10. The lowest BCUT2D eigenvalue weighted by Crippen LogP contribution is -2.20. The van der Waals surface area contributed by atoms with Gasteiger partial charge in [0.1, 0.15) is 6.61 Å². The standard InChI is InChI=1S/C11H17N3O4S/c1-2-8-5-13-11(19-7-10(16)17)14(8)3-4-18-6-9(12)15/h5H,2-4,6-7H2,1H3,(H2,12,15)(H,16,17). The number of ether oxygens (including phenoxy) is 1. The summed E-state index contributed by atoms with van der Waals surface area (Å²) in [6, 6.07) is 0. The van der Waals surface area contributed by atoms with Gasteiger partial charge in [0.2, 0.25) is 5.91 Å². The zero-order chi connectivity index (χ0) is 14.3. The highest BCUT2D eigenvalue weighted by atomic mass is 32.2. The first kappa shape index (κ1) is 15.5. The summed E-state index contributed by atoms with van der Waals surface area (Å²) in [5.74, 6) is -1.44. The van der Waals surface area contributed by atoms with Crippen molar-refractivity contribution in [1.29, 1.82) is 0 Å². The van der Waals surface area contributed by atoms with Crippen molar-refractivity contribution in [2.75, 3.05) is 19.0 Å². The maximum absolute atomic E-state index is 10.6. The molecule has 106 valence electrons. The lowest BCUT2D eigenvalue weighted by molar-refractivity contribution is -0.134. The third-order valence-corrected chi connectivity index (χ3v) is 3.27. The highest BCUT2D eigenvalue weighted by Crippen LogP contribution is 2.18. The molecule has 0 aromatic carbocycles. The molecule has 0 unspecified atom stereocenters. The molecular weight excluding hydrogens is 270 g/mol. The van der Waals surface area contributed by atoms with E-state index in [1.807, 2.05) is 11.5 Å². The van der Waals surface area contributed by atoms with Crippen molar-refractivity contribution in [3.05, 3.63) is 11.9 Å². The number of carboxylic acid groups (broad SMARTS) is 1. The second kappa shape index (κ2) is 7.80. The van der Waals surface area contributed by atoms with Crippen LogP contribution >= 0.6 is 11.8 Å². The Morgan fingerprint density at radius 3 is 2.89 bits per heavy atom. The molecule has 0 aliphatic carbocycles. The highest BCUT2D eigenvalue weighted by Gasteiger charge is 2.11. The Hall–Kier alpha value is -1.54. The predicted molar refractivity (Wildman–Crippen MR) is 70.0 cm³/mol. The molecule has 1 heterocycles. The van der Waals surface area contributed by atoms with E-state index in [0.717, 1.165) is 23.9 Å². The molecule has 0 fully saturated rings. The van der Waals surface area contributed by atoms with E-state index < -0.39 is 11.9 Å². The molecular formula is C11H17N3O4S. The first-order chi connectivity index (χ1) is 9.04. The summed E-state index contributed by atoms with van der Waals surface area (Å²) in [4.78, 5) is 25.3. The minimum absolute atomic E-state index is 0.0394. The van der Waals surface area contributed by atoms with E-state index >= 15 is 0 Å². The Labute approximate surface area is 115 Å². The van der Waals surface area contributed by atoms with Gasteiger partial charge in [-0.1, -0.05) is 18.7 Å². The van der Waals surface area contributed by atoms with Crippen LogP contribution in [0.25, 0.3) is 0 Å². The number of nitrogens with zero attached hydrogens (tertiary/aromatic N) is 2. The van der Waals surface area contributed by atoms with Gasteiger partial charge in [0.05, 0.1) is 12.4 Å². The van der Waals surface area contributed by atoms with Gasteiger partial charge in [-0.05, 0) is 6.42 Å². The van der Waals surface area contributed by atoms with Crippen LogP contribution in [0.3, 0.4) is 0 Å². The van der Waals surface area contributed by atoms with Crippen LogP contribution in [0.4, 0.5) is 0 Å². The summed E-state index contributed by atoms with van der Waals surface area (Å²) in [5.41, 5.74) is 5.96. The normalized spacial score (nSPS) is 10.6. The van der Waals surface area contributed by atoms with Crippen molar-refractivity contribution >= 4 is 23.6 Å². The summed E-state index contributed by atoms with van der Waals surface area (Å²) in [6.07, 6.45) is 2.51. The van der Waals surface area contributed by atoms with Crippen molar-refractivity contribution in [3.8, 4) is 0 Å². The minimum atomic E-state index is -0.887. The van der Waals surface area contributed by atoms with Crippen LogP contribution in [-0.4, -0.2) is 45.5 Å². The highest BCUT2D eigenvalue weighted by molar-refractivity contribution is 7.99. The van der Waals surface area contributed by atoms with Crippen LogP contribution in [0, 0.1) is 0 Å². The van der Waals surface area contributed by atoms with E-state index in [4.69, 9.17) is 15.6 Å². The molecule has 7 nitrogen and oxygen atoms in total. The molecule has 8 heteroatoms. The fourth-order valence-corrected chi connectivity index (χ4v) is 2.23. The molecule has 1 aromatic rings. The second-order valence-corrected chi connectivity index (χ2v) is 4.68. The third kappa shape index (κ3) is 5.31. The van der Waals surface area contributed by atoms with Crippen LogP contribution in [0.2, 0.25) is 0 Å². The van der Waals surface area contributed by atoms with Gasteiger partial charge in [-0.3, -0.25) is 9.59 Å². The molecule has 0 saturated carbocycles. The summed E-state index contributed by atoms with van der Waals surface area (Å²) >= 11 is 1.16. The summed E-state index contributed by atoms with van der Waals surface area (Å²) in [6.45, 7) is 2.71. The van der Waals surface area contributed by atoms with Crippen LogP contribution in [0.1, 0.15) is 12.6 Å². The zero-order valence-electron chi connectivity index (χ0n) is 10.7. The first-order valence-corrected chi connectivity index (χ1v) is 6.78. The largest absolute Gasteiger partial charge is 0.481 e. The van der Waals surface area contributed by atoms with Gasteiger partial charge < -0.3 is 20.1 Å². The van der Waals surface area contributed by atoms with Gasteiger partial charge in [-0.25, -0.2) is 4.98 Å². The monoisotopic (exact) mass is 287 g/mol. The minimum Gasteiger partial charge on any atom is -0.481 e. The van der Waals surface area contributed by atoms with Crippen molar-refractivity contribution < 1.29 is 19.4 Å². The molecule has 0 bridgehead atoms. The number of aryl methyl sites for hydroxylation is 1. The Kier molecular flexibility index (Phi) is 6.37. The number of aromatic nitrogens is 2. The van der Waals surface area contributed by atoms with Crippen LogP contribution in [-0.2, 0) is 27.3 Å². The molecule has 19 heavy (non-hydrogen) atoms. The number of carbonyl (C=O) groups is 2. The maximum Gasteiger partial charge on any atom is 0.313 e. The van der Waals surface area contributed by atoms with E-state index in [2.05, 4.69) is 4.98 Å². The molecule has 0 saturated heterocycles. The smallest absolute Gasteiger partial charge is 0.313 e. The van der Waals surface area contributed by atoms with Crippen LogP contribution in [0.15, 0.2) is 11.4 Å². The number of primary amides is 1. The molecule has 0 atom stereocenters. The molecule has 3 N–H and O–H groups in total. The van der Waals surface area contributed by atoms with E-state index in [0.29, 0.717) is 18.3 Å². The van der Waals surface area contributed by atoms with Gasteiger partial charge >= 0.3 is 5.97 Å². The van der Waals surface area contributed by atoms with Crippen molar-refractivity contribution in [2.45, 2.75) is 25.0 Å². The number of nitrogens with two attached hydrogens (primary N) is 1. The summed E-state index contributed by atoms with van der Waals surface area (Å²) in [5, 5.41) is 9.31. The van der Waals surface area contributed by atoms with Gasteiger partial charge in [0.15, 0.2) is 5.16 Å². The number of imidazole rings is 1. The lowest BCUT2D eigenvalue weighted by atomic mass is 10.3. The predicted octanol–water partition coefficient (Wildman–Crippen LogP) is 0.124. The van der Waals surface area contributed by atoms with Crippen molar-refractivity contribution in [1.82, 2.24) is 9.55 Å². The third-order valence-electron chi connectivity index (χ3n) is 2.29. The van der Waals surface area contributed by atoms with E-state index in [9.17, 15) is 9.59 Å². The Morgan fingerprint density at radius 2 is 2.32 bits per heavy atom. The van der Waals surface area contributed by atoms with Gasteiger partial charge in [-0.15, -0.1) is 0 Å². The molecule has 0 spiro atoms. The number of carbonyl (C=O) groups excluding carboxylic acids is 1. The average molecular weight is 287 g/mol. The van der Waals surface area contributed by atoms with Crippen molar-refractivity contribution in [2.24, 2.45) is 5.73 Å². The molecule has 0 radical (unpaired) electrons. The number of hydrogen-bond donors (Lipinski definition) is 2. The molecule has 0 aliphatic rings. The number of rotatable bonds is 9. The van der Waals surface area contributed by atoms with E-state index in [1.165, 1.54) is 0 Å². The van der Waals surface area contributed by atoms with Gasteiger partial charge in [0.25, 0.3) is 0 Å².